The highest BCUT2D eigenvalue weighted by Crippen LogP contribution is 2.18. The minimum absolute atomic E-state index is 0.207. The number of thiazole rings is 1. The second-order valence-electron chi connectivity index (χ2n) is 4.91. The van der Waals surface area contributed by atoms with Gasteiger partial charge in [0.25, 0.3) is 5.91 Å². The molecule has 1 aliphatic heterocycles. The lowest BCUT2D eigenvalue weighted by Crippen LogP contribution is -2.32. The van der Waals surface area contributed by atoms with Gasteiger partial charge in [-0.3, -0.25) is 14.8 Å². The minimum atomic E-state index is -0.207. The van der Waals surface area contributed by atoms with Gasteiger partial charge in [0.15, 0.2) is 10.8 Å². The highest BCUT2D eigenvalue weighted by molar-refractivity contribution is 7.15. The Labute approximate surface area is 121 Å². The van der Waals surface area contributed by atoms with Gasteiger partial charge in [0.05, 0.1) is 6.04 Å². The van der Waals surface area contributed by atoms with E-state index in [2.05, 4.69) is 20.7 Å². The predicted octanol–water partition coefficient (Wildman–Crippen LogP) is 1.82. The van der Waals surface area contributed by atoms with Crippen LogP contribution in [-0.4, -0.2) is 33.8 Å². The molecule has 0 bridgehead atoms. The topological polar surface area (TPSA) is 71.8 Å². The summed E-state index contributed by atoms with van der Waals surface area (Å²) in [6.07, 6.45) is 5.86. The molecule has 0 aromatic carbocycles. The molecule has 3 rings (SSSR count). The lowest BCUT2D eigenvalue weighted by molar-refractivity contribution is 0.102. The Bertz CT molecular complexity index is 599. The van der Waals surface area contributed by atoms with Crippen molar-refractivity contribution in [3.05, 3.63) is 29.0 Å². The first kappa shape index (κ1) is 13.3. The van der Waals surface area contributed by atoms with Crippen LogP contribution in [0.1, 0.15) is 34.2 Å². The maximum Gasteiger partial charge on any atom is 0.277 e. The van der Waals surface area contributed by atoms with Crippen LogP contribution in [0.3, 0.4) is 0 Å². The van der Waals surface area contributed by atoms with Crippen molar-refractivity contribution in [2.24, 2.45) is 0 Å². The van der Waals surface area contributed by atoms with Crippen LogP contribution in [0.5, 0.6) is 0 Å². The lowest BCUT2D eigenvalue weighted by atomic mass is 10.1. The number of carbonyl (C=O) groups is 1. The smallest absolute Gasteiger partial charge is 0.277 e. The number of piperidine rings is 1. The molecule has 106 valence electrons. The predicted molar refractivity (Wildman–Crippen MR) is 78.2 cm³/mol. The van der Waals surface area contributed by atoms with Crippen molar-refractivity contribution >= 4 is 22.4 Å². The molecule has 2 aromatic rings. The fourth-order valence-electron chi connectivity index (χ4n) is 2.30. The zero-order chi connectivity index (χ0) is 13.9. The molecule has 1 aliphatic rings. The monoisotopic (exact) mass is 291 g/mol. The van der Waals surface area contributed by atoms with Gasteiger partial charge >= 0.3 is 0 Å². The summed E-state index contributed by atoms with van der Waals surface area (Å²) in [6.45, 7) is 3.93. The van der Waals surface area contributed by atoms with E-state index in [1.807, 2.05) is 17.8 Å². The van der Waals surface area contributed by atoms with Crippen LogP contribution in [0.25, 0.3) is 0 Å². The Morgan fingerprint density at radius 3 is 3.20 bits per heavy atom. The summed E-state index contributed by atoms with van der Waals surface area (Å²) in [5.41, 5.74) is 0.434. The van der Waals surface area contributed by atoms with Crippen LogP contribution in [0.15, 0.2) is 18.5 Å². The van der Waals surface area contributed by atoms with Crippen LogP contribution in [0, 0.1) is 6.92 Å². The normalized spacial score (nSPS) is 18.9. The van der Waals surface area contributed by atoms with E-state index in [9.17, 15) is 4.79 Å². The molecule has 3 heterocycles. The molecule has 20 heavy (non-hydrogen) atoms. The first-order chi connectivity index (χ1) is 9.72. The van der Waals surface area contributed by atoms with Crippen molar-refractivity contribution in [2.75, 3.05) is 18.4 Å². The molecule has 2 N–H and O–H groups in total. The molecular weight excluding hydrogens is 274 g/mol. The van der Waals surface area contributed by atoms with Crippen molar-refractivity contribution in [3.8, 4) is 0 Å². The number of nitrogens with one attached hydrogen (secondary N) is 2. The summed E-state index contributed by atoms with van der Waals surface area (Å²) in [4.78, 5) is 17.3. The molecule has 0 spiro atoms. The number of anilines is 1. The van der Waals surface area contributed by atoms with Crippen molar-refractivity contribution in [1.82, 2.24) is 20.1 Å². The third-order valence-corrected chi connectivity index (χ3v) is 4.16. The van der Waals surface area contributed by atoms with Gasteiger partial charge in [0.2, 0.25) is 0 Å². The zero-order valence-electron chi connectivity index (χ0n) is 11.3. The highest BCUT2D eigenvalue weighted by atomic mass is 32.1. The SMILES string of the molecule is Cc1cnc(NC(=O)c2ccn(C3CCCNC3)n2)s1. The quantitative estimate of drug-likeness (QED) is 0.905. The molecule has 7 heteroatoms. The average molecular weight is 291 g/mol. The number of rotatable bonds is 3. The maximum absolute atomic E-state index is 12.1. The van der Waals surface area contributed by atoms with Crippen LogP contribution in [0.4, 0.5) is 5.13 Å². The molecule has 2 aromatic heterocycles. The second-order valence-corrected chi connectivity index (χ2v) is 6.15. The highest BCUT2D eigenvalue weighted by Gasteiger charge is 2.18. The van der Waals surface area contributed by atoms with Gasteiger partial charge in [0.1, 0.15) is 0 Å². The van der Waals surface area contributed by atoms with Gasteiger partial charge in [0, 0.05) is 23.8 Å². The zero-order valence-corrected chi connectivity index (χ0v) is 12.1. The van der Waals surface area contributed by atoms with Crippen molar-refractivity contribution in [2.45, 2.75) is 25.8 Å². The van der Waals surface area contributed by atoms with E-state index < -0.39 is 0 Å². The first-order valence-electron chi connectivity index (χ1n) is 6.72. The fraction of sp³-hybridized carbons (Fsp3) is 0.462. The Morgan fingerprint density at radius 1 is 1.60 bits per heavy atom. The Kier molecular flexibility index (Phi) is 3.79. The Morgan fingerprint density at radius 2 is 2.50 bits per heavy atom. The van der Waals surface area contributed by atoms with Gasteiger partial charge in [-0.15, -0.1) is 11.3 Å². The lowest BCUT2D eigenvalue weighted by Gasteiger charge is -2.22. The third kappa shape index (κ3) is 2.88. The molecule has 1 amide bonds. The van der Waals surface area contributed by atoms with E-state index in [4.69, 9.17) is 0 Å². The standard InChI is InChI=1S/C13H17N5OS/c1-9-7-15-13(20-9)16-12(19)11-4-6-18(17-11)10-3-2-5-14-8-10/h4,6-7,10,14H,2-3,5,8H2,1H3,(H,15,16,19). The molecular formula is C13H17N5OS. The van der Waals surface area contributed by atoms with Gasteiger partial charge in [-0.2, -0.15) is 5.10 Å². The number of amides is 1. The summed E-state index contributed by atoms with van der Waals surface area (Å²) in [5.74, 6) is -0.207. The summed E-state index contributed by atoms with van der Waals surface area (Å²) < 4.78 is 1.88. The van der Waals surface area contributed by atoms with Crippen LogP contribution >= 0.6 is 11.3 Å². The van der Waals surface area contributed by atoms with Crippen LogP contribution < -0.4 is 10.6 Å². The van der Waals surface area contributed by atoms with Gasteiger partial charge < -0.3 is 5.32 Å². The number of nitrogens with zero attached hydrogens (tertiary/aromatic N) is 3. The molecule has 0 saturated carbocycles. The van der Waals surface area contributed by atoms with Crippen LogP contribution in [0.2, 0.25) is 0 Å². The van der Waals surface area contributed by atoms with E-state index in [0.29, 0.717) is 16.9 Å². The van der Waals surface area contributed by atoms with Gasteiger partial charge in [-0.1, -0.05) is 0 Å². The molecule has 1 saturated heterocycles. The Hall–Kier alpha value is -1.73. The van der Waals surface area contributed by atoms with Crippen molar-refractivity contribution in [3.63, 3.8) is 0 Å². The van der Waals surface area contributed by atoms with Crippen molar-refractivity contribution in [1.29, 1.82) is 0 Å². The largest absolute Gasteiger partial charge is 0.315 e. The molecule has 0 radical (unpaired) electrons. The van der Waals surface area contributed by atoms with E-state index in [-0.39, 0.29) is 5.91 Å². The molecule has 0 aliphatic carbocycles. The second kappa shape index (κ2) is 5.72. The van der Waals surface area contributed by atoms with Gasteiger partial charge in [-0.05, 0) is 32.4 Å². The third-order valence-electron chi connectivity index (χ3n) is 3.33. The summed E-state index contributed by atoms with van der Waals surface area (Å²) >= 11 is 1.46. The molecule has 1 unspecified atom stereocenters. The number of hydrogen-bond donors (Lipinski definition) is 2. The van der Waals surface area contributed by atoms with E-state index in [0.717, 1.165) is 30.8 Å². The number of aryl methyl sites for hydroxylation is 1. The minimum Gasteiger partial charge on any atom is -0.315 e. The average Bonchev–Trinajstić information content (AvgIpc) is 3.09. The fourth-order valence-corrected chi connectivity index (χ4v) is 2.95. The van der Waals surface area contributed by atoms with Crippen molar-refractivity contribution < 1.29 is 4.79 Å². The van der Waals surface area contributed by atoms with E-state index >= 15 is 0 Å². The summed E-state index contributed by atoms with van der Waals surface area (Å²) in [5, 5.41) is 11.1. The molecule has 1 atom stereocenters. The number of hydrogen-bond acceptors (Lipinski definition) is 5. The number of aromatic nitrogens is 3. The molecule has 6 nitrogen and oxygen atoms in total. The molecule has 1 fully saturated rings. The van der Waals surface area contributed by atoms with E-state index in [1.54, 1.807) is 12.3 Å². The summed E-state index contributed by atoms with van der Waals surface area (Å²) in [7, 11) is 0. The maximum atomic E-state index is 12.1. The Balaban J connectivity index is 1.67. The van der Waals surface area contributed by atoms with Gasteiger partial charge in [-0.25, -0.2) is 4.98 Å². The summed E-state index contributed by atoms with van der Waals surface area (Å²) in [6, 6.07) is 2.09. The first-order valence-corrected chi connectivity index (χ1v) is 7.53. The van der Waals surface area contributed by atoms with Crippen LogP contribution in [-0.2, 0) is 0 Å². The number of carbonyl (C=O) groups excluding carboxylic acids is 1. The van der Waals surface area contributed by atoms with E-state index in [1.165, 1.54) is 11.3 Å².